The number of para-hydroxylation sites is 1. The van der Waals surface area contributed by atoms with Gasteiger partial charge < -0.3 is 9.64 Å². The Bertz CT molecular complexity index is 278. The summed E-state index contributed by atoms with van der Waals surface area (Å²) in [5, 5.41) is 0. The molecule has 0 aromatic heterocycles. The Kier molecular flexibility index (Phi) is 3.27. The predicted molar refractivity (Wildman–Crippen MR) is 59.1 cm³/mol. The lowest BCUT2D eigenvalue weighted by molar-refractivity contribution is 0.0554. The average Bonchev–Trinajstić information content (AvgIpc) is 2.30. The minimum atomic E-state index is 0.172. The maximum atomic E-state index is 5.78. The molecule has 1 aliphatic rings. The highest BCUT2D eigenvalue weighted by Crippen LogP contribution is 2.17. The van der Waals surface area contributed by atoms with E-state index in [-0.39, 0.29) is 6.10 Å². The lowest BCUT2D eigenvalue weighted by Crippen LogP contribution is -2.43. The quantitative estimate of drug-likeness (QED) is 0.695. The van der Waals surface area contributed by atoms with Crippen LogP contribution >= 0.6 is 11.6 Å². The lowest BCUT2D eigenvalue weighted by atomic mass is 10.2. The first kappa shape index (κ1) is 9.81. The molecule has 1 aliphatic heterocycles. The first-order valence-electron chi connectivity index (χ1n) is 4.87. The van der Waals surface area contributed by atoms with Crippen LogP contribution in [0.25, 0.3) is 0 Å². The largest absolute Gasteiger partial charge is 0.373 e. The van der Waals surface area contributed by atoms with Crippen LogP contribution in [0.4, 0.5) is 5.69 Å². The Morgan fingerprint density at radius 3 is 2.86 bits per heavy atom. The number of hydrogen-bond acceptors (Lipinski definition) is 2. The van der Waals surface area contributed by atoms with Crippen LogP contribution in [0, 0.1) is 0 Å². The van der Waals surface area contributed by atoms with E-state index in [0.717, 1.165) is 19.7 Å². The van der Waals surface area contributed by atoms with Crippen molar-refractivity contribution >= 4 is 17.3 Å². The fourth-order valence-electron chi connectivity index (χ4n) is 1.69. The summed E-state index contributed by atoms with van der Waals surface area (Å²) in [5.74, 6) is 0.573. The number of ether oxygens (including phenoxy) is 1. The fraction of sp³-hybridized carbons (Fsp3) is 0.455. The van der Waals surface area contributed by atoms with Crippen LogP contribution in [0.2, 0.25) is 0 Å². The number of nitrogens with zero attached hydrogens (tertiary/aromatic N) is 1. The minimum absolute atomic E-state index is 0.172. The molecule has 0 aliphatic carbocycles. The molecule has 0 amide bonds. The van der Waals surface area contributed by atoms with Crippen molar-refractivity contribution in [2.75, 3.05) is 30.5 Å². The highest BCUT2D eigenvalue weighted by molar-refractivity contribution is 6.18. The number of halogens is 1. The van der Waals surface area contributed by atoms with E-state index in [1.165, 1.54) is 5.69 Å². The molecule has 1 aromatic rings. The third-order valence-electron chi connectivity index (χ3n) is 2.43. The van der Waals surface area contributed by atoms with Crippen molar-refractivity contribution in [2.45, 2.75) is 6.10 Å². The molecule has 14 heavy (non-hydrogen) atoms. The molecule has 0 unspecified atom stereocenters. The molecule has 0 spiro atoms. The molecule has 0 N–H and O–H groups in total. The van der Waals surface area contributed by atoms with Crippen LogP contribution in [-0.4, -0.2) is 31.7 Å². The minimum Gasteiger partial charge on any atom is -0.373 e. The molecule has 3 heteroatoms. The monoisotopic (exact) mass is 211 g/mol. The second-order valence-electron chi connectivity index (χ2n) is 3.43. The average molecular weight is 212 g/mol. The first-order valence-corrected chi connectivity index (χ1v) is 5.41. The van der Waals surface area contributed by atoms with E-state index in [1.54, 1.807) is 0 Å². The second-order valence-corrected chi connectivity index (χ2v) is 3.74. The lowest BCUT2D eigenvalue weighted by Gasteiger charge is -2.33. The van der Waals surface area contributed by atoms with Gasteiger partial charge in [0.05, 0.1) is 18.6 Å². The van der Waals surface area contributed by atoms with Gasteiger partial charge in [-0.3, -0.25) is 0 Å². The van der Waals surface area contributed by atoms with Gasteiger partial charge in [0.1, 0.15) is 0 Å². The van der Waals surface area contributed by atoms with E-state index < -0.39 is 0 Å². The molecule has 0 radical (unpaired) electrons. The van der Waals surface area contributed by atoms with Crippen molar-refractivity contribution in [2.24, 2.45) is 0 Å². The Labute approximate surface area is 89.4 Å². The summed E-state index contributed by atoms with van der Waals surface area (Å²) >= 11 is 5.78. The summed E-state index contributed by atoms with van der Waals surface area (Å²) in [4.78, 5) is 2.32. The third-order valence-corrected chi connectivity index (χ3v) is 2.78. The molecule has 1 aromatic carbocycles. The highest BCUT2D eigenvalue weighted by Gasteiger charge is 2.19. The summed E-state index contributed by atoms with van der Waals surface area (Å²) in [5.41, 5.74) is 1.26. The van der Waals surface area contributed by atoms with Gasteiger partial charge in [0.15, 0.2) is 0 Å². The standard InChI is InChI=1S/C11H14ClNO/c12-8-11-9-13(6-7-14-11)10-4-2-1-3-5-10/h1-5,11H,6-9H2/t11-/m1/s1. The summed E-state index contributed by atoms with van der Waals surface area (Å²) in [7, 11) is 0. The van der Waals surface area contributed by atoms with E-state index in [0.29, 0.717) is 5.88 Å². The van der Waals surface area contributed by atoms with Crippen LogP contribution in [-0.2, 0) is 4.74 Å². The molecule has 0 bridgehead atoms. The summed E-state index contributed by atoms with van der Waals surface area (Å²) in [6.45, 7) is 2.62. The maximum Gasteiger partial charge on any atom is 0.0885 e. The number of hydrogen-bond donors (Lipinski definition) is 0. The normalized spacial score (nSPS) is 22.4. The molecule has 1 heterocycles. The zero-order valence-corrected chi connectivity index (χ0v) is 8.78. The molecule has 1 saturated heterocycles. The highest BCUT2D eigenvalue weighted by atomic mass is 35.5. The van der Waals surface area contributed by atoms with E-state index in [9.17, 15) is 0 Å². The van der Waals surface area contributed by atoms with Crippen molar-refractivity contribution < 1.29 is 4.74 Å². The van der Waals surface area contributed by atoms with Gasteiger partial charge in [-0.1, -0.05) is 18.2 Å². The summed E-state index contributed by atoms with van der Waals surface area (Å²) < 4.78 is 5.51. The van der Waals surface area contributed by atoms with E-state index in [4.69, 9.17) is 16.3 Å². The predicted octanol–water partition coefficient (Wildman–Crippen LogP) is 2.13. The Balaban J connectivity index is 2.04. The van der Waals surface area contributed by atoms with E-state index in [2.05, 4.69) is 29.2 Å². The van der Waals surface area contributed by atoms with Crippen molar-refractivity contribution in [3.05, 3.63) is 30.3 Å². The van der Waals surface area contributed by atoms with Crippen LogP contribution < -0.4 is 4.90 Å². The molecule has 1 fully saturated rings. The van der Waals surface area contributed by atoms with Crippen molar-refractivity contribution in [1.29, 1.82) is 0 Å². The molecule has 76 valence electrons. The van der Waals surface area contributed by atoms with Gasteiger partial charge in [-0.15, -0.1) is 11.6 Å². The number of benzene rings is 1. The fourth-order valence-corrected chi connectivity index (χ4v) is 1.87. The molecule has 2 nitrogen and oxygen atoms in total. The topological polar surface area (TPSA) is 12.5 Å². The molecule has 0 saturated carbocycles. The number of morpholine rings is 1. The van der Waals surface area contributed by atoms with Crippen LogP contribution in [0.15, 0.2) is 30.3 Å². The first-order chi connectivity index (χ1) is 6.90. The third kappa shape index (κ3) is 2.20. The summed E-state index contributed by atoms with van der Waals surface area (Å²) in [6.07, 6.45) is 0.172. The van der Waals surface area contributed by atoms with Gasteiger partial charge >= 0.3 is 0 Å². The van der Waals surface area contributed by atoms with E-state index in [1.807, 2.05) is 6.07 Å². The molecular formula is C11H14ClNO. The number of anilines is 1. The number of alkyl halides is 1. The summed E-state index contributed by atoms with van der Waals surface area (Å²) in [6, 6.07) is 10.4. The molecule has 1 atom stereocenters. The Morgan fingerprint density at radius 2 is 2.14 bits per heavy atom. The SMILES string of the molecule is ClC[C@@H]1CN(c2ccccc2)CCO1. The van der Waals surface area contributed by atoms with Crippen molar-refractivity contribution in [3.8, 4) is 0 Å². The zero-order chi connectivity index (χ0) is 9.80. The van der Waals surface area contributed by atoms with E-state index >= 15 is 0 Å². The van der Waals surface area contributed by atoms with Gasteiger partial charge in [0, 0.05) is 18.8 Å². The zero-order valence-electron chi connectivity index (χ0n) is 8.03. The molecular weight excluding hydrogens is 198 g/mol. The van der Waals surface area contributed by atoms with Crippen LogP contribution in [0.5, 0.6) is 0 Å². The maximum absolute atomic E-state index is 5.78. The van der Waals surface area contributed by atoms with Gasteiger partial charge in [-0.05, 0) is 12.1 Å². The van der Waals surface area contributed by atoms with Gasteiger partial charge in [0.25, 0.3) is 0 Å². The van der Waals surface area contributed by atoms with Gasteiger partial charge in [-0.2, -0.15) is 0 Å². The Hall–Kier alpha value is -0.730. The van der Waals surface area contributed by atoms with Crippen molar-refractivity contribution in [1.82, 2.24) is 0 Å². The molecule has 2 rings (SSSR count). The van der Waals surface area contributed by atoms with Gasteiger partial charge in [0.2, 0.25) is 0 Å². The van der Waals surface area contributed by atoms with Crippen molar-refractivity contribution in [3.63, 3.8) is 0 Å². The number of rotatable bonds is 2. The smallest absolute Gasteiger partial charge is 0.0885 e. The van der Waals surface area contributed by atoms with Crippen LogP contribution in [0.1, 0.15) is 0 Å². The van der Waals surface area contributed by atoms with Crippen LogP contribution in [0.3, 0.4) is 0 Å². The van der Waals surface area contributed by atoms with Gasteiger partial charge in [-0.25, -0.2) is 0 Å². The Morgan fingerprint density at radius 1 is 1.36 bits per heavy atom. The second kappa shape index (κ2) is 4.67.